The SMILES string of the molecule is O/N=C/c1cn[nH]c1-c1ccc(Cl)cc1. The molecule has 15 heavy (non-hydrogen) atoms. The zero-order valence-electron chi connectivity index (χ0n) is 7.68. The van der Waals surface area contributed by atoms with Gasteiger partial charge in [0.2, 0.25) is 0 Å². The van der Waals surface area contributed by atoms with Crippen LogP contribution in [0.3, 0.4) is 0 Å². The Morgan fingerprint density at radius 2 is 2.07 bits per heavy atom. The summed E-state index contributed by atoms with van der Waals surface area (Å²) >= 11 is 5.78. The van der Waals surface area contributed by atoms with Gasteiger partial charge < -0.3 is 5.21 Å². The van der Waals surface area contributed by atoms with Gasteiger partial charge in [0.15, 0.2) is 0 Å². The third kappa shape index (κ3) is 1.99. The fraction of sp³-hybridized carbons (Fsp3) is 0. The summed E-state index contributed by atoms with van der Waals surface area (Å²) in [4.78, 5) is 0. The molecule has 0 bridgehead atoms. The van der Waals surface area contributed by atoms with Crippen molar-refractivity contribution in [2.75, 3.05) is 0 Å². The number of benzene rings is 1. The molecule has 0 aliphatic heterocycles. The number of hydrogen-bond acceptors (Lipinski definition) is 3. The van der Waals surface area contributed by atoms with E-state index in [1.54, 1.807) is 18.3 Å². The van der Waals surface area contributed by atoms with Crippen LogP contribution in [0.1, 0.15) is 5.56 Å². The molecular formula is C10H8ClN3O. The van der Waals surface area contributed by atoms with Gasteiger partial charge >= 0.3 is 0 Å². The van der Waals surface area contributed by atoms with Gasteiger partial charge in [-0.2, -0.15) is 5.10 Å². The summed E-state index contributed by atoms with van der Waals surface area (Å²) in [7, 11) is 0. The third-order valence-electron chi connectivity index (χ3n) is 2.00. The van der Waals surface area contributed by atoms with Crippen LogP contribution in [0.2, 0.25) is 5.02 Å². The van der Waals surface area contributed by atoms with E-state index in [4.69, 9.17) is 16.8 Å². The maximum Gasteiger partial charge on any atom is 0.0771 e. The van der Waals surface area contributed by atoms with Gasteiger partial charge in [0.25, 0.3) is 0 Å². The van der Waals surface area contributed by atoms with Gasteiger partial charge in [-0.1, -0.05) is 28.9 Å². The van der Waals surface area contributed by atoms with Crippen LogP contribution in [0.15, 0.2) is 35.6 Å². The average molecular weight is 222 g/mol. The molecule has 5 heteroatoms. The van der Waals surface area contributed by atoms with Crippen molar-refractivity contribution in [3.8, 4) is 11.3 Å². The number of hydrogen-bond donors (Lipinski definition) is 2. The van der Waals surface area contributed by atoms with Gasteiger partial charge in [0.1, 0.15) is 0 Å². The van der Waals surface area contributed by atoms with Crippen LogP contribution in [-0.4, -0.2) is 21.6 Å². The van der Waals surface area contributed by atoms with Crippen LogP contribution in [0.25, 0.3) is 11.3 Å². The first kappa shape index (κ1) is 9.73. The Labute approximate surface area is 91.2 Å². The molecule has 0 aliphatic carbocycles. The Bertz CT molecular complexity index is 476. The van der Waals surface area contributed by atoms with Crippen molar-refractivity contribution in [2.45, 2.75) is 0 Å². The second kappa shape index (κ2) is 4.14. The third-order valence-corrected chi connectivity index (χ3v) is 2.25. The summed E-state index contributed by atoms with van der Waals surface area (Å²) in [5.41, 5.74) is 2.45. The van der Waals surface area contributed by atoms with E-state index in [1.165, 1.54) is 6.21 Å². The highest BCUT2D eigenvalue weighted by molar-refractivity contribution is 6.30. The summed E-state index contributed by atoms with van der Waals surface area (Å²) in [6.45, 7) is 0. The van der Waals surface area contributed by atoms with Crippen molar-refractivity contribution in [2.24, 2.45) is 5.16 Å². The number of nitrogens with zero attached hydrogens (tertiary/aromatic N) is 2. The summed E-state index contributed by atoms with van der Waals surface area (Å²) in [6.07, 6.45) is 2.91. The monoisotopic (exact) mass is 221 g/mol. The lowest BCUT2D eigenvalue weighted by atomic mass is 10.1. The zero-order chi connectivity index (χ0) is 10.7. The van der Waals surface area contributed by atoms with Crippen LogP contribution in [0.4, 0.5) is 0 Å². The molecule has 0 saturated carbocycles. The number of aromatic amines is 1. The molecule has 0 unspecified atom stereocenters. The van der Waals surface area contributed by atoms with Crippen LogP contribution >= 0.6 is 11.6 Å². The Balaban J connectivity index is 2.44. The minimum absolute atomic E-state index is 0.677. The molecule has 1 aromatic carbocycles. The summed E-state index contributed by atoms with van der Waals surface area (Å²) in [5.74, 6) is 0. The predicted molar refractivity (Wildman–Crippen MR) is 58.4 cm³/mol. The van der Waals surface area contributed by atoms with E-state index in [2.05, 4.69) is 15.4 Å². The highest BCUT2D eigenvalue weighted by atomic mass is 35.5. The van der Waals surface area contributed by atoms with Gasteiger partial charge in [0, 0.05) is 16.1 Å². The lowest BCUT2D eigenvalue weighted by Crippen LogP contribution is -1.84. The summed E-state index contributed by atoms with van der Waals surface area (Å²) in [5, 5.41) is 18.8. The molecule has 0 spiro atoms. The smallest absolute Gasteiger partial charge is 0.0771 e. The highest BCUT2D eigenvalue weighted by Crippen LogP contribution is 2.21. The van der Waals surface area contributed by atoms with E-state index in [9.17, 15) is 0 Å². The first-order chi connectivity index (χ1) is 7.31. The number of H-pyrrole nitrogens is 1. The normalized spacial score (nSPS) is 11.0. The number of aromatic nitrogens is 2. The minimum Gasteiger partial charge on any atom is -0.411 e. The van der Waals surface area contributed by atoms with Gasteiger partial charge in [-0.05, 0) is 12.1 Å². The predicted octanol–water partition coefficient (Wildman–Crippen LogP) is 2.54. The molecule has 2 rings (SSSR count). The first-order valence-electron chi connectivity index (χ1n) is 4.28. The van der Waals surface area contributed by atoms with Crippen molar-refractivity contribution in [1.29, 1.82) is 0 Å². The molecule has 4 nitrogen and oxygen atoms in total. The average Bonchev–Trinajstić information content (AvgIpc) is 2.68. The van der Waals surface area contributed by atoms with Crippen LogP contribution < -0.4 is 0 Å². The zero-order valence-corrected chi connectivity index (χ0v) is 8.44. The van der Waals surface area contributed by atoms with Crippen LogP contribution in [-0.2, 0) is 0 Å². The van der Waals surface area contributed by atoms with E-state index in [0.717, 1.165) is 16.8 Å². The lowest BCUT2D eigenvalue weighted by molar-refractivity contribution is 0.322. The molecule has 1 aromatic heterocycles. The topological polar surface area (TPSA) is 61.3 Å². The molecule has 2 aromatic rings. The molecule has 1 heterocycles. The molecule has 0 atom stereocenters. The standard InChI is InChI=1S/C10H8ClN3O/c11-9-3-1-7(2-4-9)10-8(6-13-15)5-12-14-10/h1-6,15H,(H,12,14)/b13-6+. The Morgan fingerprint density at radius 3 is 2.73 bits per heavy atom. The molecule has 0 fully saturated rings. The van der Waals surface area contributed by atoms with Crippen molar-refractivity contribution in [1.82, 2.24) is 10.2 Å². The van der Waals surface area contributed by atoms with Crippen molar-refractivity contribution < 1.29 is 5.21 Å². The Kier molecular flexibility index (Phi) is 2.69. The van der Waals surface area contributed by atoms with Gasteiger partial charge in [-0.3, -0.25) is 5.10 Å². The van der Waals surface area contributed by atoms with Crippen molar-refractivity contribution >= 4 is 17.8 Å². The fourth-order valence-corrected chi connectivity index (χ4v) is 1.43. The summed E-state index contributed by atoms with van der Waals surface area (Å²) in [6, 6.07) is 7.31. The lowest BCUT2D eigenvalue weighted by Gasteiger charge is -1.98. The van der Waals surface area contributed by atoms with Gasteiger partial charge in [0.05, 0.1) is 18.1 Å². The van der Waals surface area contributed by atoms with Gasteiger partial charge in [-0.25, -0.2) is 0 Å². The molecule has 76 valence electrons. The number of nitrogens with one attached hydrogen (secondary N) is 1. The molecule has 2 N–H and O–H groups in total. The molecule has 0 radical (unpaired) electrons. The second-order valence-electron chi connectivity index (χ2n) is 2.95. The Morgan fingerprint density at radius 1 is 1.33 bits per heavy atom. The number of oxime groups is 1. The van der Waals surface area contributed by atoms with E-state index in [1.807, 2.05) is 12.1 Å². The van der Waals surface area contributed by atoms with E-state index < -0.39 is 0 Å². The van der Waals surface area contributed by atoms with E-state index in [0.29, 0.717) is 5.02 Å². The van der Waals surface area contributed by atoms with Crippen LogP contribution in [0.5, 0.6) is 0 Å². The van der Waals surface area contributed by atoms with Crippen LogP contribution in [0, 0.1) is 0 Å². The van der Waals surface area contributed by atoms with Crippen molar-refractivity contribution in [3.63, 3.8) is 0 Å². The second-order valence-corrected chi connectivity index (χ2v) is 3.39. The highest BCUT2D eigenvalue weighted by Gasteiger charge is 2.05. The molecule has 0 saturated heterocycles. The summed E-state index contributed by atoms with van der Waals surface area (Å²) < 4.78 is 0. The maximum absolute atomic E-state index is 8.46. The van der Waals surface area contributed by atoms with E-state index in [-0.39, 0.29) is 0 Å². The fourth-order valence-electron chi connectivity index (χ4n) is 1.30. The quantitative estimate of drug-likeness (QED) is 0.465. The molecule has 0 aliphatic rings. The molecular weight excluding hydrogens is 214 g/mol. The maximum atomic E-state index is 8.46. The largest absolute Gasteiger partial charge is 0.411 e. The molecule has 0 amide bonds. The Hall–Kier alpha value is -1.81. The van der Waals surface area contributed by atoms with E-state index >= 15 is 0 Å². The first-order valence-corrected chi connectivity index (χ1v) is 4.66. The number of halogens is 1. The van der Waals surface area contributed by atoms with Crippen molar-refractivity contribution in [3.05, 3.63) is 41.0 Å². The van der Waals surface area contributed by atoms with Gasteiger partial charge in [-0.15, -0.1) is 0 Å². The minimum atomic E-state index is 0.677. The number of rotatable bonds is 2.